The summed E-state index contributed by atoms with van der Waals surface area (Å²) < 4.78 is 13.6. The van der Waals surface area contributed by atoms with Gasteiger partial charge in [0.25, 0.3) is 0 Å². The van der Waals surface area contributed by atoms with E-state index in [1.54, 1.807) is 0 Å². The van der Waals surface area contributed by atoms with Gasteiger partial charge in [-0.2, -0.15) is 5.10 Å². The third-order valence-electron chi connectivity index (χ3n) is 4.14. The molecule has 3 rings (SSSR count). The topological polar surface area (TPSA) is 36.3 Å². The van der Waals surface area contributed by atoms with E-state index in [9.17, 15) is 0 Å². The van der Waals surface area contributed by atoms with Gasteiger partial charge in [-0.05, 0) is 32.8 Å². The summed E-state index contributed by atoms with van der Waals surface area (Å²) in [7, 11) is 0. The van der Waals surface area contributed by atoms with Crippen LogP contribution in [0.1, 0.15) is 57.2 Å². The van der Waals surface area contributed by atoms with Crippen molar-refractivity contribution in [3.8, 4) is 0 Å². The van der Waals surface area contributed by atoms with E-state index in [1.807, 2.05) is 4.68 Å². The van der Waals surface area contributed by atoms with Crippen molar-refractivity contribution in [3.05, 3.63) is 18.0 Å². The molecule has 0 amide bonds. The highest BCUT2D eigenvalue weighted by atomic mass is 16.7. The zero-order valence-corrected chi connectivity index (χ0v) is 11.3. The molecule has 1 saturated heterocycles. The maximum absolute atomic E-state index is 5.76. The van der Waals surface area contributed by atoms with Gasteiger partial charge in [-0.15, -0.1) is 0 Å². The van der Waals surface area contributed by atoms with Gasteiger partial charge in [0, 0.05) is 31.0 Å². The maximum atomic E-state index is 5.76. The molecular formula is C14H22N2O2. The van der Waals surface area contributed by atoms with Crippen molar-refractivity contribution < 1.29 is 9.47 Å². The number of aromatic nitrogens is 2. The first-order valence-corrected chi connectivity index (χ1v) is 7.01. The molecule has 1 aromatic rings. The molecule has 18 heavy (non-hydrogen) atoms. The van der Waals surface area contributed by atoms with E-state index in [1.165, 1.54) is 5.69 Å². The number of hydrogen-bond acceptors (Lipinski definition) is 3. The summed E-state index contributed by atoms with van der Waals surface area (Å²) in [6.45, 7) is 5.83. The molecule has 0 aromatic carbocycles. The van der Waals surface area contributed by atoms with E-state index in [-0.39, 0.29) is 5.79 Å². The summed E-state index contributed by atoms with van der Waals surface area (Å²) in [5.41, 5.74) is 1.23. The molecule has 100 valence electrons. The second kappa shape index (κ2) is 4.67. The average Bonchev–Trinajstić information content (AvgIpc) is 3.00. The van der Waals surface area contributed by atoms with Crippen LogP contribution >= 0.6 is 0 Å². The van der Waals surface area contributed by atoms with E-state index >= 15 is 0 Å². The second-order valence-electron chi connectivity index (χ2n) is 5.70. The Bertz CT molecular complexity index is 398. The Morgan fingerprint density at radius 1 is 1.28 bits per heavy atom. The molecule has 0 unspecified atom stereocenters. The molecule has 1 aliphatic carbocycles. The van der Waals surface area contributed by atoms with E-state index < -0.39 is 0 Å². The lowest BCUT2D eigenvalue weighted by Gasteiger charge is -2.34. The van der Waals surface area contributed by atoms with Crippen molar-refractivity contribution in [2.45, 2.75) is 57.3 Å². The van der Waals surface area contributed by atoms with Gasteiger partial charge in [-0.3, -0.25) is 4.68 Å². The van der Waals surface area contributed by atoms with Crippen LogP contribution in [-0.4, -0.2) is 28.8 Å². The van der Waals surface area contributed by atoms with Crippen LogP contribution in [0.15, 0.2) is 12.3 Å². The molecule has 1 aliphatic heterocycles. The SMILES string of the molecule is CC(C)n1ccc(C2CCC3(CC2)OCCO3)n1. The van der Waals surface area contributed by atoms with Crippen LogP contribution < -0.4 is 0 Å². The Hall–Kier alpha value is -0.870. The standard InChI is InChI=1S/C14H22N2O2/c1-11(2)16-8-5-13(15-16)12-3-6-14(7-4-12)17-9-10-18-14/h5,8,11-12H,3-4,6-7,9-10H2,1-2H3. The Kier molecular flexibility index (Phi) is 3.16. The van der Waals surface area contributed by atoms with Crippen molar-refractivity contribution in [2.24, 2.45) is 0 Å². The highest BCUT2D eigenvalue weighted by Crippen LogP contribution is 2.41. The first-order valence-electron chi connectivity index (χ1n) is 7.01. The maximum Gasteiger partial charge on any atom is 0.168 e. The molecule has 0 radical (unpaired) electrons. The van der Waals surface area contributed by atoms with Crippen LogP contribution in [-0.2, 0) is 9.47 Å². The molecule has 0 atom stereocenters. The van der Waals surface area contributed by atoms with Gasteiger partial charge in [0.15, 0.2) is 5.79 Å². The lowest BCUT2D eigenvalue weighted by molar-refractivity contribution is -0.178. The minimum atomic E-state index is -0.253. The van der Waals surface area contributed by atoms with Crippen LogP contribution in [0.4, 0.5) is 0 Å². The fraction of sp³-hybridized carbons (Fsp3) is 0.786. The van der Waals surface area contributed by atoms with E-state index in [4.69, 9.17) is 9.47 Å². The predicted octanol–water partition coefficient (Wildman–Crippen LogP) is 2.86. The summed E-state index contributed by atoms with van der Waals surface area (Å²) >= 11 is 0. The molecule has 0 bridgehead atoms. The van der Waals surface area contributed by atoms with Crippen LogP contribution in [0.25, 0.3) is 0 Å². The van der Waals surface area contributed by atoms with Crippen molar-refractivity contribution >= 4 is 0 Å². The second-order valence-corrected chi connectivity index (χ2v) is 5.70. The van der Waals surface area contributed by atoms with Crippen LogP contribution in [0.2, 0.25) is 0 Å². The van der Waals surface area contributed by atoms with Gasteiger partial charge in [0.1, 0.15) is 0 Å². The van der Waals surface area contributed by atoms with Crippen molar-refractivity contribution in [2.75, 3.05) is 13.2 Å². The number of hydrogen-bond donors (Lipinski definition) is 0. The monoisotopic (exact) mass is 250 g/mol. The van der Waals surface area contributed by atoms with Crippen LogP contribution in [0.5, 0.6) is 0 Å². The molecule has 1 aromatic heterocycles. The third-order valence-corrected chi connectivity index (χ3v) is 4.14. The molecular weight excluding hydrogens is 228 g/mol. The van der Waals surface area contributed by atoms with Crippen LogP contribution in [0, 0.1) is 0 Å². The molecule has 1 spiro atoms. The van der Waals surface area contributed by atoms with Gasteiger partial charge in [0.2, 0.25) is 0 Å². The Morgan fingerprint density at radius 3 is 2.50 bits per heavy atom. The summed E-state index contributed by atoms with van der Waals surface area (Å²) in [4.78, 5) is 0. The zero-order valence-electron chi connectivity index (χ0n) is 11.3. The highest BCUT2D eigenvalue weighted by Gasteiger charge is 2.40. The highest BCUT2D eigenvalue weighted by molar-refractivity contribution is 5.09. The number of ether oxygens (including phenoxy) is 2. The van der Waals surface area contributed by atoms with Crippen molar-refractivity contribution in [1.82, 2.24) is 9.78 Å². The fourth-order valence-corrected chi connectivity index (χ4v) is 3.00. The summed E-state index contributed by atoms with van der Waals surface area (Å²) in [6, 6.07) is 2.61. The minimum Gasteiger partial charge on any atom is -0.348 e. The molecule has 2 heterocycles. The van der Waals surface area contributed by atoms with E-state index in [0.29, 0.717) is 12.0 Å². The largest absolute Gasteiger partial charge is 0.348 e. The Morgan fingerprint density at radius 2 is 1.94 bits per heavy atom. The molecule has 2 aliphatic rings. The molecule has 4 heteroatoms. The van der Waals surface area contributed by atoms with E-state index in [2.05, 4.69) is 31.2 Å². The first kappa shape index (κ1) is 12.2. The predicted molar refractivity (Wildman–Crippen MR) is 68.5 cm³/mol. The minimum absolute atomic E-state index is 0.253. The summed E-state index contributed by atoms with van der Waals surface area (Å²) in [5.74, 6) is 0.320. The Labute approximate surface area is 108 Å². The lowest BCUT2D eigenvalue weighted by Crippen LogP contribution is -2.34. The molecule has 4 nitrogen and oxygen atoms in total. The molecule has 1 saturated carbocycles. The normalized spacial score (nSPS) is 24.2. The summed E-state index contributed by atoms with van der Waals surface area (Å²) in [5, 5.41) is 4.68. The van der Waals surface area contributed by atoms with Gasteiger partial charge in [0.05, 0.1) is 18.9 Å². The van der Waals surface area contributed by atoms with Gasteiger partial charge >= 0.3 is 0 Å². The van der Waals surface area contributed by atoms with Gasteiger partial charge in [-0.25, -0.2) is 0 Å². The smallest absolute Gasteiger partial charge is 0.168 e. The summed E-state index contributed by atoms with van der Waals surface area (Å²) in [6.07, 6.45) is 6.34. The first-order chi connectivity index (χ1) is 8.69. The number of rotatable bonds is 2. The van der Waals surface area contributed by atoms with Gasteiger partial charge < -0.3 is 9.47 Å². The zero-order chi connectivity index (χ0) is 12.6. The third kappa shape index (κ3) is 2.19. The fourth-order valence-electron chi connectivity index (χ4n) is 3.00. The van der Waals surface area contributed by atoms with Crippen molar-refractivity contribution in [3.63, 3.8) is 0 Å². The quantitative estimate of drug-likeness (QED) is 0.809. The molecule has 0 N–H and O–H groups in total. The van der Waals surface area contributed by atoms with Crippen LogP contribution in [0.3, 0.4) is 0 Å². The van der Waals surface area contributed by atoms with E-state index in [0.717, 1.165) is 38.9 Å². The number of nitrogens with zero attached hydrogens (tertiary/aromatic N) is 2. The van der Waals surface area contributed by atoms with Gasteiger partial charge in [-0.1, -0.05) is 0 Å². The Balaban J connectivity index is 1.64. The van der Waals surface area contributed by atoms with Crippen molar-refractivity contribution in [1.29, 1.82) is 0 Å². The molecule has 2 fully saturated rings. The average molecular weight is 250 g/mol. The lowest BCUT2D eigenvalue weighted by atomic mass is 9.83.